The Morgan fingerprint density at radius 1 is 0.974 bits per heavy atom. The third-order valence-corrected chi connectivity index (χ3v) is 7.03. The highest BCUT2D eigenvalue weighted by Gasteiger charge is 2.28. The molecule has 39 heavy (non-hydrogen) atoms. The molecule has 198 valence electrons. The van der Waals surface area contributed by atoms with E-state index in [1.54, 1.807) is 92.0 Å². The Morgan fingerprint density at radius 3 is 2.15 bits per heavy atom. The van der Waals surface area contributed by atoms with E-state index < -0.39 is 11.8 Å². The molecule has 0 radical (unpaired) electrons. The second-order valence-electron chi connectivity index (χ2n) is 8.28. The maximum Gasteiger partial charge on any atom is 0.271 e. The zero-order valence-electron chi connectivity index (χ0n) is 20.9. The Morgan fingerprint density at radius 2 is 1.59 bits per heavy atom. The number of nitrogens with zero attached hydrogens (tertiary/aromatic N) is 1. The van der Waals surface area contributed by atoms with Gasteiger partial charge in [-0.25, -0.2) is 0 Å². The first kappa shape index (κ1) is 27.8. The summed E-state index contributed by atoms with van der Waals surface area (Å²) in [7, 11) is 1.64. The lowest BCUT2D eigenvalue weighted by atomic mass is 10.1. The van der Waals surface area contributed by atoms with Crippen LogP contribution >= 0.6 is 24.0 Å². The van der Waals surface area contributed by atoms with Crippen LogP contribution in [0.1, 0.15) is 21.5 Å². The number of carbonyl (C=O) groups excluding carboxylic acids is 3. The number of thiocarbonyl (C=S) groups is 1. The number of carbonyl (C=O) groups is 3. The zero-order chi connectivity index (χ0) is 27.8. The molecule has 1 fully saturated rings. The highest BCUT2D eigenvalue weighted by molar-refractivity contribution is 8.26. The summed E-state index contributed by atoms with van der Waals surface area (Å²) >= 11 is 6.42. The molecule has 3 aromatic carbocycles. The highest BCUT2D eigenvalue weighted by Crippen LogP contribution is 2.32. The summed E-state index contributed by atoms with van der Waals surface area (Å²) in [6.45, 7) is -0.282. The normalized spacial score (nSPS) is 14.7. The summed E-state index contributed by atoms with van der Waals surface area (Å²) in [6, 6.07) is 24.3. The van der Waals surface area contributed by atoms with Crippen molar-refractivity contribution in [3.05, 3.63) is 112 Å². The number of amides is 3. The van der Waals surface area contributed by atoms with Crippen molar-refractivity contribution in [3.8, 4) is 5.75 Å². The maximum atomic E-state index is 13.2. The first-order chi connectivity index (χ1) is 18.9. The number of benzene rings is 3. The van der Waals surface area contributed by atoms with Crippen molar-refractivity contribution in [2.75, 3.05) is 20.2 Å². The SMILES string of the molecule is CN1C(=O)C(=Cc2ccc(OC(=C(NC(=O)c3ccccc3)C(=O)NCCO)c3ccccc3)cc2)SC1=S. The number of thioether (sulfide) groups is 1. The summed E-state index contributed by atoms with van der Waals surface area (Å²) in [5, 5.41) is 14.5. The second-order valence-corrected chi connectivity index (χ2v) is 9.96. The summed E-state index contributed by atoms with van der Waals surface area (Å²) in [4.78, 5) is 40.5. The topological polar surface area (TPSA) is 108 Å². The average Bonchev–Trinajstić information content (AvgIpc) is 3.21. The largest absolute Gasteiger partial charge is 0.454 e. The van der Waals surface area contributed by atoms with Crippen LogP contribution in [0.25, 0.3) is 11.8 Å². The number of hydrogen-bond acceptors (Lipinski definition) is 7. The van der Waals surface area contributed by atoms with E-state index in [0.29, 0.717) is 26.1 Å². The fourth-order valence-corrected chi connectivity index (χ4v) is 4.72. The van der Waals surface area contributed by atoms with Gasteiger partial charge in [-0.05, 0) is 35.9 Å². The van der Waals surface area contributed by atoms with Crippen molar-refractivity contribution in [1.29, 1.82) is 0 Å². The van der Waals surface area contributed by atoms with Gasteiger partial charge in [-0.15, -0.1) is 0 Å². The van der Waals surface area contributed by atoms with Gasteiger partial charge in [0, 0.05) is 24.7 Å². The minimum Gasteiger partial charge on any atom is -0.454 e. The Bertz CT molecular complexity index is 1440. The van der Waals surface area contributed by atoms with Gasteiger partial charge in [-0.1, -0.05) is 84.6 Å². The number of hydrogen-bond donors (Lipinski definition) is 3. The lowest BCUT2D eigenvalue weighted by Crippen LogP contribution is -2.37. The van der Waals surface area contributed by atoms with Gasteiger partial charge in [0.1, 0.15) is 10.1 Å². The molecule has 1 heterocycles. The fourth-order valence-electron chi connectivity index (χ4n) is 3.54. The minimum absolute atomic E-state index is 0.00959. The van der Waals surface area contributed by atoms with Gasteiger partial charge in [-0.3, -0.25) is 19.3 Å². The van der Waals surface area contributed by atoms with E-state index in [1.165, 1.54) is 16.7 Å². The summed E-state index contributed by atoms with van der Waals surface area (Å²) in [6.07, 6.45) is 1.74. The molecule has 1 aliphatic heterocycles. The second kappa shape index (κ2) is 13.0. The van der Waals surface area contributed by atoms with Gasteiger partial charge in [0.05, 0.1) is 11.5 Å². The quantitative estimate of drug-likeness (QED) is 0.208. The van der Waals surface area contributed by atoms with Crippen LogP contribution < -0.4 is 15.4 Å². The molecule has 1 aliphatic rings. The molecule has 0 spiro atoms. The molecule has 0 atom stereocenters. The van der Waals surface area contributed by atoms with Crippen LogP contribution in [0.5, 0.6) is 5.75 Å². The van der Waals surface area contributed by atoms with Crippen LogP contribution in [0.15, 0.2) is 95.5 Å². The number of aliphatic hydroxyl groups excluding tert-OH is 1. The van der Waals surface area contributed by atoms with Gasteiger partial charge < -0.3 is 20.5 Å². The van der Waals surface area contributed by atoms with E-state index in [-0.39, 0.29) is 30.5 Å². The lowest BCUT2D eigenvalue weighted by molar-refractivity contribution is -0.121. The van der Waals surface area contributed by atoms with Crippen LogP contribution in [0.3, 0.4) is 0 Å². The predicted molar refractivity (Wildman–Crippen MR) is 155 cm³/mol. The van der Waals surface area contributed by atoms with Gasteiger partial charge in [0.15, 0.2) is 11.5 Å². The van der Waals surface area contributed by atoms with Crippen molar-refractivity contribution in [2.24, 2.45) is 0 Å². The van der Waals surface area contributed by atoms with Crippen molar-refractivity contribution in [3.63, 3.8) is 0 Å². The van der Waals surface area contributed by atoms with E-state index in [4.69, 9.17) is 17.0 Å². The maximum absolute atomic E-state index is 13.2. The molecule has 0 aromatic heterocycles. The molecule has 0 aliphatic carbocycles. The molecule has 4 rings (SSSR count). The summed E-state index contributed by atoms with van der Waals surface area (Å²) < 4.78 is 6.69. The van der Waals surface area contributed by atoms with Crippen LogP contribution in [-0.4, -0.2) is 52.2 Å². The first-order valence-corrected chi connectivity index (χ1v) is 13.1. The summed E-state index contributed by atoms with van der Waals surface area (Å²) in [5.74, 6) is -0.756. The van der Waals surface area contributed by atoms with Gasteiger partial charge in [0.2, 0.25) is 0 Å². The molecule has 3 N–H and O–H groups in total. The van der Waals surface area contributed by atoms with E-state index in [1.807, 2.05) is 6.07 Å². The first-order valence-electron chi connectivity index (χ1n) is 11.9. The Labute approximate surface area is 235 Å². The zero-order valence-corrected chi connectivity index (χ0v) is 22.6. The molecule has 3 aromatic rings. The van der Waals surface area contributed by atoms with Gasteiger partial charge in [-0.2, -0.15) is 0 Å². The molecule has 0 bridgehead atoms. The third kappa shape index (κ3) is 6.99. The molecular weight excluding hydrogens is 534 g/mol. The van der Waals surface area contributed by atoms with Crippen LogP contribution in [0.2, 0.25) is 0 Å². The Kier molecular flexibility index (Phi) is 9.27. The number of ether oxygens (including phenoxy) is 1. The van der Waals surface area contributed by atoms with Gasteiger partial charge in [0.25, 0.3) is 17.7 Å². The smallest absolute Gasteiger partial charge is 0.271 e. The average molecular weight is 560 g/mol. The molecule has 1 saturated heterocycles. The summed E-state index contributed by atoms with van der Waals surface area (Å²) in [5.41, 5.74) is 1.56. The van der Waals surface area contributed by atoms with Crippen LogP contribution in [-0.2, 0) is 9.59 Å². The van der Waals surface area contributed by atoms with Crippen molar-refractivity contribution in [1.82, 2.24) is 15.5 Å². The van der Waals surface area contributed by atoms with Crippen molar-refractivity contribution < 1.29 is 24.2 Å². The molecule has 10 heteroatoms. The van der Waals surface area contributed by atoms with E-state index in [0.717, 1.165) is 5.56 Å². The van der Waals surface area contributed by atoms with Gasteiger partial charge >= 0.3 is 0 Å². The van der Waals surface area contributed by atoms with Crippen LogP contribution in [0.4, 0.5) is 0 Å². The standard InChI is InChI=1S/C29H25N3O5S2/c1-32-28(36)23(39-29(32)38)18-19-12-14-22(15-13-19)37-25(20-8-4-2-5-9-20)24(27(35)30-16-17-33)31-26(34)21-10-6-3-7-11-21/h2-15,18,33H,16-17H2,1H3,(H,30,35)(H,31,34). The van der Waals surface area contributed by atoms with Crippen LogP contribution in [0, 0.1) is 0 Å². The lowest BCUT2D eigenvalue weighted by Gasteiger charge is -2.17. The molecule has 8 nitrogen and oxygen atoms in total. The van der Waals surface area contributed by atoms with Crippen molar-refractivity contribution >= 4 is 57.9 Å². The van der Waals surface area contributed by atoms with E-state index >= 15 is 0 Å². The molecular formula is C29H25N3O5S2. The molecule has 3 amide bonds. The highest BCUT2D eigenvalue weighted by atomic mass is 32.2. The Hall–Kier alpha value is -4.25. The van der Waals surface area contributed by atoms with E-state index in [2.05, 4.69) is 10.6 Å². The molecule has 0 saturated carbocycles. The van der Waals surface area contributed by atoms with E-state index in [9.17, 15) is 19.5 Å². The third-order valence-electron chi connectivity index (χ3n) is 5.55. The Balaban J connectivity index is 1.69. The number of aliphatic hydroxyl groups is 1. The van der Waals surface area contributed by atoms with Crippen molar-refractivity contribution in [2.45, 2.75) is 0 Å². The number of likely N-dealkylation sites (N-methyl/N-ethyl adjacent to an activating group) is 1. The minimum atomic E-state index is -0.620. The molecule has 0 unspecified atom stereocenters. The predicted octanol–water partition coefficient (Wildman–Crippen LogP) is 3.80. The monoisotopic (exact) mass is 559 g/mol. The number of nitrogens with one attached hydrogen (secondary N) is 2. The fraction of sp³-hybridized carbons (Fsp3) is 0.103. The number of rotatable bonds is 9.